The molecule has 0 amide bonds. The fourth-order valence-electron chi connectivity index (χ4n) is 2.68. The molecule has 2 aromatic carbocycles. The first-order valence-electron chi connectivity index (χ1n) is 7.36. The number of aromatic nitrogens is 1. The summed E-state index contributed by atoms with van der Waals surface area (Å²) in [6.07, 6.45) is 2.84. The standard InChI is InChI=1S/C18H19NOS/c1-2-6-16-17(12-20)21-18(19-16)11-14-9-5-8-13-7-3-4-10-15(13)14/h3-5,7-10,20H,2,6,11-12H2,1H3. The number of benzene rings is 2. The summed E-state index contributed by atoms with van der Waals surface area (Å²) < 4.78 is 0. The summed E-state index contributed by atoms with van der Waals surface area (Å²) in [5.74, 6) is 0. The lowest BCUT2D eigenvalue weighted by atomic mass is 10.0. The Bertz CT molecular complexity index is 743. The lowest BCUT2D eigenvalue weighted by molar-refractivity contribution is 0.284. The third kappa shape index (κ3) is 2.99. The average Bonchev–Trinajstić information content (AvgIpc) is 2.90. The van der Waals surface area contributed by atoms with Crippen molar-refractivity contribution in [3.05, 3.63) is 63.6 Å². The number of hydrogen-bond donors (Lipinski definition) is 1. The number of rotatable bonds is 5. The molecule has 0 aliphatic heterocycles. The summed E-state index contributed by atoms with van der Waals surface area (Å²) in [7, 11) is 0. The van der Waals surface area contributed by atoms with E-state index in [0.29, 0.717) is 0 Å². The maximum Gasteiger partial charge on any atom is 0.0976 e. The first kappa shape index (κ1) is 14.2. The summed E-state index contributed by atoms with van der Waals surface area (Å²) in [4.78, 5) is 5.75. The van der Waals surface area contributed by atoms with Gasteiger partial charge in [0.05, 0.1) is 22.2 Å². The Morgan fingerprint density at radius 2 is 1.90 bits per heavy atom. The highest BCUT2D eigenvalue weighted by Gasteiger charge is 2.11. The number of aliphatic hydroxyl groups is 1. The smallest absolute Gasteiger partial charge is 0.0976 e. The van der Waals surface area contributed by atoms with Crippen LogP contribution in [-0.4, -0.2) is 10.1 Å². The van der Waals surface area contributed by atoms with Gasteiger partial charge in [-0.25, -0.2) is 4.98 Å². The predicted octanol–water partition coefficient (Wildman–Crippen LogP) is 4.33. The zero-order chi connectivity index (χ0) is 14.7. The minimum atomic E-state index is 0.0997. The van der Waals surface area contributed by atoms with Crippen molar-refractivity contribution in [3.8, 4) is 0 Å². The Morgan fingerprint density at radius 1 is 1.10 bits per heavy atom. The normalized spacial score (nSPS) is 11.1. The van der Waals surface area contributed by atoms with Crippen LogP contribution in [0.15, 0.2) is 42.5 Å². The highest BCUT2D eigenvalue weighted by atomic mass is 32.1. The summed E-state index contributed by atoms with van der Waals surface area (Å²) in [5.41, 5.74) is 2.37. The molecule has 3 aromatic rings. The lowest BCUT2D eigenvalue weighted by Gasteiger charge is -2.04. The molecular formula is C18H19NOS. The van der Waals surface area contributed by atoms with Gasteiger partial charge in [-0.2, -0.15) is 0 Å². The van der Waals surface area contributed by atoms with Gasteiger partial charge in [0.15, 0.2) is 0 Å². The van der Waals surface area contributed by atoms with Gasteiger partial charge in [-0.05, 0) is 22.8 Å². The summed E-state index contributed by atoms with van der Waals surface area (Å²) in [6.45, 7) is 2.24. The van der Waals surface area contributed by atoms with Crippen LogP contribution >= 0.6 is 11.3 Å². The van der Waals surface area contributed by atoms with Crippen molar-refractivity contribution in [2.45, 2.75) is 32.8 Å². The largest absolute Gasteiger partial charge is 0.391 e. The van der Waals surface area contributed by atoms with Crippen molar-refractivity contribution in [2.75, 3.05) is 0 Å². The van der Waals surface area contributed by atoms with Gasteiger partial charge in [0.2, 0.25) is 0 Å². The summed E-state index contributed by atoms with van der Waals surface area (Å²) in [6, 6.07) is 14.9. The van der Waals surface area contributed by atoms with Crippen LogP contribution < -0.4 is 0 Å². The molecule has 21 heavy (non-hydrogen) atoms. The van der Waals surface area contributed by atoms with Crippen molar-refractivity contribution in [3.63, 3.8) is 0 Å². The minimum Gasteiger partial charge on any atom is -0.391 e. The molecule has 108 valence electrons. The van der Waals surface area contributed by atoms with Crippen molar-refractivity contribution < 1.29 is 5.11 Å². The third-order valence-corrected chi connectivity index (χ3v) is 4.76. The number of hydrogen-bond acceptors (Lipinski definition) is 3. The van der Waals surface area contributed by atoms with Crippen LogP contribution in [0.2, 0.25) is 0 Å². The first-order valence-corrected chi connectivity index (χ1v) is 8.18. The van der Waals surface area contributed by atoms with E-state index in [0.717, 1.165) is 34.8 Å². The molecular weight excluding hydrogens is 278 g/mol. The Morgan fingerprint density at radius 3 is 2.71 bits per heavy atom. The maximum atomic E-state index is 9.47. The van der Waals surface area contributed by atoms with E-state index in [4.69, 9.17) is 4.98 Å². The third-order valence-electron chi connectivity index (χ3n) is 3.67. The van der Waals surface area contributed by atoms with E-state index in [-0.39, 0.29) is 6.61 Å². The molecule has 0 saturated heterocycles. The van der Waals surface area contributed by atoms with Gasteiger partial charge in [-0.15, -0.1) is 11.3 Å². The van der Waals surface area contributed by atoms with Crippen LogP contribution in [0.5, 0.6) is 0 Å². The molecule has 3 rings (SSSR count). The molecule has 0 aliphatic rings. The van der Waals surface area contributed by atoms with Gasteiger partial charge in [0.25, 0.3) is 0 Å². The van der Waals surface area contributed by atoms with E-state index < -0.39 is 0 Å². The van der Waals surface area contributed by atoms with Crippen LogP contribution in [0.25, 0.3) is 10.8 Å². The van der Waals surface area contributed by atoms with Crippen LogP contribution in [0.1, 0.15) is 34.5 Å². The molecule has 0 atom stereocenters. The highest BCUT2D eigenvalue weighted by Crippen LogP contribution is 2.26. The van der Waals surface area contributed by atoms with Crippen molar-refractivity contribution >= 4 is 22.1 Å². The Kier molecular flexibility index (Phi) is 4.32. The predicted molar refractivity (Wildman–Crippen MR) is 88.8 cm³/mol. The van der Waals surface area contributed by atoms with Crippen molar-refractivity contribution in [2.24, 2.45) is 0 Å². The Balaban J connectivity index is 1.95. The second kappa shape index (κ2) is 6.37. The molecule has 0 fully saturated rings. The fourth-order valence-corrected chi connectivity index (χ4v) is 3.68. The van der Waals surface area contributed by atoms with Gasteiger partial charge in [0, 0.05) is 6.42 Å². The molecule has 0 bridgehead atoms. The molecule has 3 heteroatoms. The molecule has 0 saturated carbocycles. The quantitative estimate of drug-likeness (QED) is 0.760. The summed E-state index contributed by atoms with van der Waals surface area (Å²) in [5, 5.41) is 13.1. The molecule has 2 nitrogen and oxygen atoms in total. The Labute approximate surface area is 129 Å². The molecule has 1 aromatic heterocycles. The minimum absolute atomic E-state index is 0.0997. The van der Waals surface area contributed by atoms with Crippen LogP contribution in [0.3, 0.4) is 0 Å². The molecule has 0 unspecified atom stereocenters. The molecule has 1 heterocycles. The summed E-state index contributed by atoms with van der Waals surface area (Å²) >= 11 is 1.64. The van der Waals surface area contributed by atoms with E-state index in [9.17, 15) is 5.11 Å². The van der Waals surface area contributed by atoms with Gasteiger partial charge >= 0.3 is 0 Å². The van der Waals surface area contributed by atoms with Crippen LogP contribution in [0, 0.1) is 0 Å². The first-order chi connectivity index (χ1) is 10.3. The zero-order valence-corrected chi connectivity index (χ0v) is 13.0. The average molecular weight is 297 g/mol. The van der Waals surface area contributed by atoms with Crippen LogP contribution in [0.4, 0.5) is 0 Å². The number of fused-ring (bicyclic) bond motifs is 1. The Hall–Kier alpha value is -1.71. The lowest BCUT2D eigenvalue weighted by Crippen LogP contribution is -1.92. The SMILES string of the molecule is CCCc1nc(Cc2cccc3ccccc23)sc1CO. The van der Waals surface area contributed by atoms with Crippen LogP contribution in [-0.2, 0) is 19.4 Å². The maximum absolute atomic E-state index is 9.47. The number of nitrogens with zero attached hydrogens (tertiary/aromatic N) is 1. The highest BCUT2D eigenvalue weighted by molar-refractivity contribution is 7.11. The molecule has 1 N–H and O–H groups in total. The second-order valence-electron chi connectivity index (χ2n) is 5.20. The second-order valence-corrected chi connectivity index (χ2v) is 6.37. The van der Waals surface area contributed by atoms with E-state index in [1.165, 1.54) is 16.3 Å². The van der Waals surface area contributed by atoms with E-state index in [1.807, 2.05) is 0 Å². The molecule has 0 spiro atoms. The van der Waals surface area contributed by atoms with E-state index >= 15 is 0 Å². The number of aliphatic hydroxyl groups excluding tert-OH is 1. The van der Waals surface area contributed by atoms with E-state index in [2.05, 4.69) is 49.4 Å². The molecule has 0 aliphatic carbocycles. The monoisotopic (exact) mass is 297 g/mol. The zero-order valence-electron chi connectivity index (χ0n) is 12.2. The topological polar surface area (TPSA) is 33.1 Å². The van der Waals surface area contributed by atoms with Gasteiger partial charge in [-0.1, -0.05) is 55.8 Å². The van der Waals surface area contributed by atoms with Crippen molar-refractivity contribution in [1.82, 2.24) is 4.98 Å². The van der Waals surface area contributed by atoms with Crippen molar-refractivity contribution in [1.29, 1.82) is 0 Å². The van der Waals surface area contributed by atoms with Gasteiger partial charge < -0.3 is 5.11 Å². The van der Waals surface area contributed by atoms with Gasteiger partial charge in [0.1, 0.15) is 0 Å². The molecule has 0 radical (unpaired) electrons. The number of thiazole rings is 1. The number of aryl methyl sites for hydroxylation is 1. The van der Waals surface area contributed by atoms with E-state index in [1.54, 1.807) is 11.3 Å². The van der Waals surface area contributed by atoms with Gasteiger partial charge in [-0.3, -0.25) is 0 Å². The fraction of sp³-hybridized carbons (Fsp3) is 0.278.